The van der Waals surface area contributed by atoms with Gasteiger partial charge in [-0.3, -0.25) is 14.6 Å². The first-order chi connectivity index (χ1) is 19.1. The van der Waals surface area contributed by atoms with Crippen molar-refractivity contribution in [3.05, 3.63) is 119 Å². The molecule has 0 amide bonds. The van der Waals surface area contributed by atoms with E-state index in [9.17, 15) is 9.59 Å². The van der Waals surface area contributed by atoms with Gasteiger partial charge in [-0.2, -0.15) is 0 Å². The number of fused-ring (bicyclic) bond motifs is 3. The molecular formula is C32H25NO6. The van der Waals surface area contributed by atoms with Crippen LogP contribution in [0, 0.1) is 0 Å². The van der Waals surface area contributed by atoms with Crippen molar-refractivity contribution in [1.82, 2.24) is 4.98 Å². The minimum atomic E-state index is -0.404. The topological polar surface area (TPSA) is 84.0 Å². The van der Waals surface area contributed by atoms with E-state index in [-0.39, 0.29) is 23.9 Å². The smallest absolute Gasteiger partial charge is 0.312 e. The van der Waals surface area contributed by atoms with Crippen molar-refractivity contribution >= 4 is 17.8 Å². The number of pyridine rings is 1. The molecule has 4 aromatic rings. The van der Waals surface area contributed by atoms with Crippen molar-refractivity contribution in [2.75, 3.05) is 13.7 Å². The van der Waals surface area contributed by atoms with E-state index in [0.717, 1.165) is 22.4 Å². The molecule has 0 bridgehead atoms. The van der Waals surface area contributed by atoms with Gasteiger partial charge in [-0.25, -0.2) is 0 Å². The maximum Gasteiger partial charge on any atom is 0.312 e. The summed E-state index contributed by atoms with van der Waals surface area (Å²) in [7, 11) is 1.64. The third-order valence-corrected chi connectivity index (χ3v) is 6.86. The fourth-order valence-corrected chi connectivity index (χ4v) is 4.96. The van der Waals surface area contributed by atoms with Crippen LogP contribution in [-0.4, -0.2) is 30.5 Å². The van der Waals surface area contributed by atoms with Gasteiger partial charge in [0.15, 0.2) is 5.76 Å². The Morgan fingerprint density at radius 1 is 0.974 bits per heavy atom. The lowest BCUT2D eigenvalue weighted by molar-refractivity contribution is -0.135. The molecule has 7 nitrogen and oxygen atoms in total. The number of ether oxygens (including phenoxy) is 4. The van der Waals surface area contributed by atoms with Gasteiger partial charge in [0.2, 0.25) is 5.78 Å². The standard InChI is InChI=1S/C32H25NO6/c1-36-22-10-8-20(9-11-22)14-16-37-26-7-3-2-6-23(26)25-18-29(34)38-27-13-12-24-31(35)28(39-32(24)30(25)27)17-21-5-4-15-33-19-21/h2-13,15,17,19,25H,14,16,18H2,1H3. The number of carbonyl (C=O) groups is 2. The summed E-state index contributed by atoms with van der Waals surface area (Å²) >= 11 is 0. The molecule has 0 aliphatic carbocycles. The molecule has 6 rings (SSSR count). The number of Topliss-reactive ketones (excluding diaryl/α,β-unsaturated/α-hetero) is 1. The minimum absolute atomic E-state index is 0.0987. The number of hydrogen-bond acceptors (Lipinski definition) is 7. The number of rotatable bonds is 7. The van der Waals surface area contributed by atoms with E-state index >= 15 is 0 Å². The molecule has 0 saturated carbocycles. The molecule has 7 heteroatoms. The zero-order valence-corrected chi connectivity index (χ0v) is 21.3. The second-order valence-electron chi connectivity index (χ2n) is 9.30. The molecule has 194 valence electrons. The highest BCUT2D eigenvalue weighted by Gasteiger charge is 2.39. The molecule has 1 atom stereocenters. The van der Waals surface area contributed by atoms with Crippen LogP contribution in [0.2, 0.25) is 0 Å². The molecule has 39 heavy (non-hydrogen) atoms. The molecule has 2 aliphatic heterocycles. The largest absolute Gasteiger partial charge is 0.497 e. The van der Waals surface area contributed by atoms with Gasteiger partial charge >= 0.3 is 5.97 Å². The Bertz CT molecular complexity index is 1580. The molecule has 0 spiro atoms. The van der Waals surface area contributed by atoms with Crippen molar-refractivity contribution in [2.24, 2.45) is 0 Å². The molecule has 3 aromatic carbocycles. The highest BCUT2D eigenvalue weighted by molar-refractivity contribution is 6.15. The number of aromatic nitrogens is 1. The predicted octanol–water partition coefficient (Wildman–Crippen LogP) is 5.77. The van der Waals surface area contributed by atoms with E-state index in [4.69, 9.17) is 18.9 Å². The SMILES string of the molecule is COc1ccc(CCOc2ccccc2C2CC(=O)Oc3ccc4c(c32)OC(=Cc2cccnc2)C4=O)cc1. The number of carbonyl (C=O) groups excluding carboxylic acids is 2. The summed E-state index contributed by atoms with van der Waals surface area (Å²) in [5.74, 6) is 1.50. The zero-order chi connectivity index (χ0) is 26.8. The fraction of sp³-hybridized carbons (Fsp3) is 0.156. The van der Waals surface area contributed by atoms with E-state index in [2.05, 4.69) is 4.98 Å². The summed E-state index contributed by atoms with van der Waals surface area (Å²) in [6.07, 6.45) is 5.80. The molecule has 0 fully saturated rings. The lowest BCUT2D eigenvalue weighted by Gasteiger charge is -2.27. The molecule has 0 saturated heterocycles. The van der Waals surface area contributed by atoms with Crippen molar-refractivity contribution in [3.8, 4) is 23.0 Å². The van der Waals surface area contributed by atoms with E-state index in [0.29, 0.717) is 41.4 Å². The van der Waals surface area contributed by atoms with E-state index in [1.54, 1.807) is 43.8 Å². The average Bonchev–Trinajstić information content (AvgIpc) is 3.28. The lowest BCUT2D eigenvalue weighted by Crippen LogP contribution is -2.22. The summed E-state index contributed by atoms with van der Waals surface area (Å²) in [5, 5.41) is 0. The monoisotopic (exact) mass is 519 g/mol. The van der Waals surface area contributed by atoms with Crippen LogP contribution in [-0.2, 0) is 11.2 Å². The first kappa shape index (κ1) is 24.4. The first-order valence-corrected chi connectivity index (χ1v) is 12.7. The van der Waals surface area contributed by atoms with Crippen LogP contribution in [0.15, 0.2) is 90.9 Å². The van der Waals surface area contributed by atoms with Crippen LogP contribution in [0.4, 0.5) is 0 Å². The third-order valence-electron chi connectivity index (χ3n) is 6.86. The van der Waals surface area contributed by atoms with Gasteiger partial charge in [0.25, 0.3) is 0 Å². The van der Waals surface area contributed by atoms with E-state index < -0.39 is 5.92 Å². The third kappa shape index (κ3) is 4.86. The van der Waals surface area contributed by atoms with Crippen LogP contribution in [0.1, 0.15) is 45.0 Å². The second kappa shape index (κ2) is 10.5. The van der Waals surface area contributed by atoms with Gasteiger partial charge in [-0.1, -0.05) is 36.4 Å². The van der Waals surface area contributed by atoms with Crippen molar-refractivity contribution in [1.29, 1.82) is 0 Å². The Labute approximate surface area is 225 Å². The lowest BCUT2D eigenvalue weighted by atomic mass is 9.84. The van der Waals surface area contributed by atoms with Crippen LogP contribution in [0.5, 0.6) is 23.0 Å². The van der Waals surface area contributed by atoms with E-state index in [1.807, 2.05) is 54.6 Å². The quantitative estimate of drug-likeness (QED) is 0.174. The first-order valence-electron chi connectivity index (χ1n) is 12.7. The summed E-state index contributed by atoms with van der Waals surface area (Å²) in [6.45, 7) is 0.452. The molecular weight excluding hydrogens is 494 g/mol. The molecule has 0 N–H and O–H groups in total. The van der Waals surface area contributed by atoms with Crippen LogP contribution in [0.3, 0.4) is 0 Å². The number of allylic oxidation sites excluding steroid dienone is 1. The van der Waals surface area contributed by atoms with Crippen LogP contribution >= 0.6 is 0 Å². The number of esters is 1. The zero-order valence-electron chi connectivity index (χ0n) is 21.3. The Kier molecular flexibility index (Phi) is 6.55. The van der Waals surface area contributed by atoms with Crippen molar-refractivity contribution in [2.45, 2.75) is 18.8 Å². The minimum Gasteiger partial charge on any atom is -0.497 e. The van der Waals surface area contributed by atoms with Gasteiger partial charge in [0.1, 0.15) is 23.0 Å². The number of nitrogens with zero attached hydrogens (tertiary/aromatic N) is 1. The average molecular weight is 520 g/mol. The predicted molar refractivity (Wildman–Crippen MR) is 144 cm³/mol. The number of benzene rings is 3. The highest BCUT2D eigenvalue weighted by Crippen LogP contribution is 2.50. The van der Waals surface area contributed by atoms with Crippen molar-refractivity contribution < 1.29 is 28.5 Å². The van der Waals surface area contributed by atoms with Crippen molar-refractivity contribution in [3.63, 3.8) is 0 Å². The second-order valence-corrected chi connectivity index (χ2v) is 9.30. The Morgan fingerprint density at radius 3 is 2.62 bits per heavy atom. The number of hydrogen-bond donors (Lipinski definition) is 0. The molecule has 1 aromatic heterocycles. The summed E-state index contributed by atoms with van der Waals surface area (Å²) < 4.78 is 23.2. The molecule has 0 radical (unpaired) electrons. The number of ketones is 1. The van der Waals surface area contributed by atoms with Crippen LogP contribution in [0.25, 0.3) is 6.08 Å². The number of methoxy groups -OCH3 is 1. The summed E-state index contributed by atoms with van der Waals surface area (Å²) in [5.41, 5.74) is 3.81. The van der Waals surface area contributed by atoms with E-state index in [1.165, 1.54) is 0 Å². The fourth-order valence-electron chi connectivity index (χ4n) is 4.96. The number of para-hydroxylation sites is 1. The Balaban J connectivity index is 1.31. The maximum absolute atomic E-state index is 13.2. The summed E-state index contributed by atoms with van der Waals surface area (Å²) in [4.78, 5) is 30.0. The molecule has 3 heterocycles. The summed E-state index contributed by atoms with van der Waals surface area (Å²) in [6, 6.07) is 22.5. The van der Waals surface area contributed by atoms with Gasteiger partial charge in [-0.15, -0.1) is 0 Å². The maximum atomic E-state index is 13.2. The molecule has 2 aliphatic rings. The Hall–Kier alpha value is -4.91. The van der Waals surface area contributed by atoms with Gasteiger partial charge in [0, 0.05) is 35.9 Å². The highest BCUT2D eigenvalue weighted by atomic mass is 16.5. The Morgan fingerprint density at radius 2 is 1.82 bits per heavy atom. The molecule has 1 unspecified atom stereocenters. The van der Waals surface area contributed by atoms with Crippen LogP contribution < -0.4 is 18.9 Å². The normalized spacial score (nSPS) is 16.7. The van der Waals surface area contributed by atoms with Gasteiger partial charge < -0.3 is 18.9 Å². The van der Waals surface area contributed by atoms with Gasteiger partial charge in [0.05, 0.1) is 25.7 Å². The van der Waals surface area contributed by atoms with Gasteiger partial charge in [-0.05, 0) is 53.6 Å².